The molecule has 0 atom stereocenters. The zero-order valence-corrected chi connectivity index (χ0v) is 19.7. The summed E-state index contributed by atoms with van der Waals surface area (Å²) in [4.78, 5) is 0. The van der Waals surface area contributed by atoms with E-state index in [1.54, 1.807) is 7.11 Å². The highest BCUT2D eigenvalue weighted by Crippen LogP contribution is 2.53. The third-order valence-corrected chi connectivity index (χ3v) is 8.57. The fourth-order valence-electron chi connectivity index (χ4n) is 6.31. The average Bonchev–Trinajstić information content (AvgIpc) is 2.73. The van der Waals surface area contributed by atoms with Crippen molar-refractivity contribution in [2.24, 2.45) is 23.7 Å². The SMILES string of the molecule is COc1ccc(Br)c(CNC2C3CC4CC(C3)CC2C4)c1OCc1ccccc1Cl. The summed E-state index contributed by atoms with van der Waals surface area (Å²) < 4.78 is 13.0. The highest BCUT2D eigenvalue weighted by Gasteiger charge is 2.47. The first-order valence-electron chi connectivity index (χ1n) is 11.1. The highest BCUT2D eigenvalue weighted by molar-refractivity contribution is 9.10. The minimum Gasteiger partial charge on any atom is -0.493 e. The minimum absolute atomic E-state index is 0.414. The van der Waals surface area contributed by atoms with Crippen molar-refractivity contribution in [2.75, 3.05) is 7.11 Å². The van der Waals surface area contributed by atoms with E-state index in [1.807, 2.05) is 30.3 Å². The number of ether oxygens (including phenoxy) is 2. The van der Waals surface area contributed by atoms with Crippen molar-refractivity contribution in [3.63, 3.8) is 0 Å². The predicted molar refractivity (Wildman–Crippen MR) is 124 cm³/mol. The first-order chi connectivity index (χ1) is 14.6. The van der Waals surface area contributed by atoms with E-state index in [9.17, 15) is 0 Å². The third kappa shape index (κ3) is 3.99. The molecule has 0 spiro atoms. The summed E-state index contributed by atoms with van der Waals surface area (Å²) in [5.74, 6) is 5.22. The van der Waals surface area contributed by atoms with Crippen LogP contribution in [0.2, 0.25) is 5.02 Å². The Morgan fingerprint density at radius 2 is 1.70 bits per heavy atom. The number of benzene rings is 2. The van der Waals surface area contributed by atoms with Gasteiger partial charge in [0.1, 0.15) is 6.61 Å². The molecule has 4 bridgehead atoms. The van der Waals surface area contributed by atoms with Gasteiger partial charge in [0.15, 0.2) is 11.5 Å². The number of rotatable bonds is 7. The molecule has 5 heteroatoms. The second-order valence-electron chi connectivity index (χ2n) is 9.27. The minimum atomic E-state index is 0.414. The topological polar surface area (TPSA) is 30.5 Å². The molecule has 0 aromatic heterocycles. The molecular formula is C25H29BrClNO2. The largest absolute Gasteiger partial charge is 0.493 e. The molecule has 160 valence electrons. The number of methoxy groups -OCH3 is 1. The molecule has 6 rings (SSSR count). The lowest BCUT2D eigenvalue weighted by Crippen LogP contribution is -2.54. The Labute approximate surface area is 192 Å². The number of hydrogen-bond acceptors (Lipinski definition) is 3. The van der Waals surface area contributed by atoms with Crippen molar-refractivity contribution >= 4 is 27.5 Å². The Bertz CT molecular complexity index is 890. The summed E-state index contributed by atoms with van der Waals surface area (Å²) >= 11 is 10.1. The van der Waals surface area contributed by atoms with E-state index in [2.05, 4.69) is 27.3 Å². The van der Waals surface area contributed by atoms with Crippen molar-refractivity contribution in [3.05, 3.63) is 57.0 Å². The van der Waals surface area contributed by atoms with Gasteiger partial charge in [-0.05, 0) is 74.0 Å². The quantitative estimate of drug-likeness (QED) is 0.474. The number of hydrogen-bond donors (Lipinski definition) is 1. The van der Waals surface area contributed by atoms with Crippen LogP contribution in [0.15, 0.2) is 40.9 Å². The molecule has 4 aliphatic carbocycles. The predicted octanol–water partition coefficient (Wildman–Crippen LogP) is 6.60. The van der Waals surface area contributed by atoms with Gasteiger partial charge in [-0.15, -0.1) is 0 Å². The standard InChI is InChI=1S/C25H29BrClNO2/c1-29-23-7-6-21(26)20(25(23)30-14-17-4-2-3-5-22(17)27)13-28-24-18-9-15-8-16(11-18)12-19(24)10-15/h2-7,15-16,18-19,24,28H,8-14H2,1H3. The van der Waals surface area contributed by atoms with E-state index in [0.29, 0.717) is 12.6 Å². The smallest absolute Gasteiger partial charge is 0.167 e. The van der Waals surface area contributed by atoms with Crippen LogP contribution in [0.1, 0.15) is 43.2 Å². The van der Waals surface area contributed by atoms with Gasteiger partial charge < -0.3 is 14.8 Å². The molecule has 0 radical (unpaired) electrons. The first-order valence-corrected chi connectivity index (χ1v) is 12.2. The van der Waals surface area contributed by atoms with Crippen molar-refractivity contribution in [1.82, 2.24) is 5.32 Å². The maximum absolute atomic E-state index is 6.33. The molecule has 2 aromatic rings. The van der Waals surface area contributed by atoms with Gasteiger partial charge in [0.05, 0.1) is 7.11 Å². The molecule has 0 aliphatic heterocycles. The summed E-state index contributed by atoms with van der Waals surface area (Å²) in [5.41, 5.74) is 2.09. The van der Waals surface area contributed by atoms with Crippen LogP contribution in [0.4, 0.5) is 0 Å². The molecule has 4 aliphatic rings. The fraction of sp³-hybridized carbons (Fsp3) is 0.520. The van der Waals surface area contributed by atoms with Gasteiger partial charge in [-0.25, -0.2) is 0 Å². The lowest BCUT2D eigenvalue weighted by atomic mass is 9.54. The second-order valence-corrected chi connectivity index (χ2v) is 10.5. The van der Waals surface area contributed by atoms with E-state index >= 15 is 0 Å². The maximum atomic E-state index is 6.33. The first kappa shape index (κ1) is 20.7. The Hall–Kier alpha value is -1.23. The van der Waals surface area contributed by atoms with Crippen molar-refractivity contribution in [1.29, 1.82) is 0 Å². The summed E-state index contributed by atoms with van der Waals surface area (Å²) in [5, 5.41) is 4.65. The van der Waals surface area contributed by atoms with Crippen molar-refractivity contribution in [2.45, 2.75) is 51.3 Å². The maximum Gasteiger partial charge on any atom is 0.167 e. The molecule has 0 heterocycles. The highest BCUT2D eigenvalue weighted by atomic mass is 79.9. The average molecular weight is 491 g/mol. The third-order valence-electron chi connectivity index (χ3n) is 7.46. The zero-order chi connectivity index (χ0) is 20.7. The number of nitrogens with one attached hydrogen (secondary N) is 1. The molecule has 0 unspecified atom stereocenters. The fourth-order valence-corrected chi connectivity index (χ4v) is 6.95. The molecule has 4 saturated carbocycles. The second kappa shape index (κ2) is 8.72. The molecule has 3 nitrogen and oxygen atoms in total. The van der Waals surface area contributed by atoms with Crippen molar-refractivity contribution in [3.8, 4) is 11.5 Å². The van der Waals surface area contributed by atoms with Gasteiger partial charge in [-0.3, -0.25) is 0 Å². The van der Waals surface area contributed by atoms with Gasteiger partial charge in [-0.2, -0.15) is 0 Å². The van der Waals surface area contributed by atoms with Gasteiger partial charge in [-0.1, -0.05) is 45.7 Å². The normalized spacial score (nSPS) is 29.2. The molecular weight excluding hydrogens is 462 g/mol. The lowest BCUT2D eigenvalue weighted by molar-refractivity contribution is -0.0143. The molecule has 0 saturated heterocycles. The van der Waals surface area contributed by atoms with Crippen LogP contribution in [0.3, 0.4) is 0 Å². The Balaban J connectivity index is 1.34. The van der Waals surface area contributed by atoms with Crippen LogP contribution in [0.5, 0.6) is 11.5 Å². The summed E-state index contributed by atoms with van der Waals surface area (Å²) in [7, 11) is 1.70. The Morgan fingerprint density at radius 3 is 2.37 bits per heavy atom. The Kier molecular flexibility index (Phi) is 6.01. The summed E-state index contributed by atoms with van der Waals surface area (Å²) in [6.45, 7) is 1.19. The molecule has 30 heavy (non-hydrogen) atoms. The van der Waals surface area contributed by atoms with Crippen LogP contribution in [-0.4, -0.2) is 13.2 Å². The van der Waals surface area contributed by atoms with Gasteiger partial charge in [0.2, 0.25) is 0 Å². The number of halogens is 2. The van der Waals surface area contributed by atoms with Crippen LogP contribution >= 0.6 is 27.5 Å². The summed E-state index contributed by atoms with van der Waals surface area (Å²) in [6, 6.07) is 12.5. The lowest BCUT2D eigenvalue weighted by Gasteiger charge is -2.54. The van der Waals surface area contributed by atoms with Crippen LogP contribution in [0, 0.1) is 23.7 Å². The molecule has 1 N–H and O–H groups in total. The zero-order valence-electron chi connectivity index (χ0n) is 17.4. The van der Waals surface area contributed by atoms with E-state index in [4.69, 9.17) is 21.1 Å². The van der Waals surface area contributed by atoms with Crippen LogP contribution < -0.4 is 14.8 Å². The van der Waals surface area contributed by atoms with Crippen molar-refractivity contribution < 1.29 is 9.47 Å². The van der Waals surface area contributed by atoms with Gasteiger partial charge in [0.25, 0.3) is 0 Å². The monoisotopic (exact) mass is 489 g/mol. The van der Waals surface area contributed by atoms with E-state index < -0.39 is 0 Å². The van der Waals surface area contributed by atoms with E-state index in [0.717, 1.165) is 62.3 Å². The van der Waals surface area contributed by atoms with E-state index in [-0.39, 0.29) is 0 Å². The van der Waals surface area contributed by atoms with Gasteiger partial charge in [0, 0.05) is 33.2 Å². The van der Waals surface area contributed by atoms with Gasteiger partial charge >= 0.3 is 0 Å². The molecule has 2 aromatic carbocycles. The Morgan fingerprint density at radius 1 is 1.00 bits per heavy atom. The summed E-state index contributed by atoms with van der Waals surface area (Å²) in [6.07, 6.45) is 7.15. The van der Waals surface area contributed by atoms with E-state index in [1.165, 1.54) is 32.1 Å². The molecule has 0 amide bonds. The molecule has 4 fully saturated rings. The van der Waals surface area contributed by atoms with Crippen LogP contribution in [-0.2, 0) is 13.2 Å². The van der Waals surface area contributed by atoms with Crippen LogP contribution in [0.25, 0.3) is 0 Å².